The van der Waals surface area contributed by atoms with E-state index in [0.29, 0.717) is 11.3 Å². The molecule has 1 heterocycles. The lowest BCUT2D eigenvalue weighted by Gasteiger charge is -2.17. The van der Waals surface area contributed by atoms with Crippen molar-refractivity contribution in [3.63, 3.8) is 0 Å². The highest BCUT2D eigenvalue weighted by Crippen LogP contribution is 2.86. The summed E-state index contributed by atoms with van der Waals surface area (Å²) in [6.07, 6.45) is 2.54. The van der Waals surface area contributed by atoms with Crippen LogP contribution < -0.4 is 0 Å². The topological polar surface area (TPSA) is 12.5 Å². The Labute approximate surface area is 78.4 Å². The van der Waals surface area contributed by atoms with Crippen molar-refractivity contribution in [3.05, 3.63) is 0 Å². The van der Waals surface area contributed by atoms with Gasteiger partial charge in [-0.3, -0.25) is 0 Å². The van der Waals surface area contributed by atoms with Gasteiger partial charge in [0.2, 0.25) is 0 Å². The minimum Gasteiger partial charge on any atom is -0.345 e. The highest BCUT2D eigenvalue weighted by molar-refractivity contribution is 6.26. The van der Waals surface area contributed by atoms with Crippen LogP contribution in [0.15, 0.2) is 0 Å². The molecule has 0 aromatic heterocycles. The maximum Gasteiger partial charge on any atom is 0.174 e. The summed E-state index contributed by atoms with van der Waals surface area (Å²) in [5, 5.41) is -0.278. The molecule has 1 saturated heterocycles. The minimum atomic E-state index is -0.278. The van der Waals surface area contributed by atoms with Crippen molar-refractivity contribution < 1.29 is 4.74 Å². The van der Waals surface area contributed by atoms with Gasteiger partial charge in [0.1, 0.15) is 5.60 Å². The zero-order valence-electron chi connectivity index (χ0n) is 7.86. The van der Waals surface area contributed by atoms with E-state index in [2.05, 4.69) is 20.8 Å². The number of hydrogen-bond donors (Lipinski definition) is 0. The molecule has 1 aliphatic heterocycles. The first-order chi connectivity index (χ1) is 5.47. The summed E-state index contributed by atoms with van der Waals surface area (Å²) in [5.74, 6) is 1.27. The summed E-state index contributed by atoms with van der Waals surface area (Å²) in [6, 6.07) is 0. The fourth-order valence-electron chi connectivity index (χ4n) is 3.55. The maximum absolute atomic E-state index is 6.44. The maximum atomic E-state index is 6.44. The van der Waals surface area contributed by atoms with E-state index in [9.17, 15) is 0 Å². The molecule has 3 aliphatic rings. The SMILES string of the molecule is CC1CCC2C(C)(C)C23OC13Cl. The number of epoxide rings is 1. The van der Waals surface area contributed by atoms with Crippen LogP contribution in [0, 0.1) is 17.3 Å². The van der Waals surface area contributed by atoms with Gasteiger partial charge >= 0.3 is 0 Å². The van der Waals surface area contributed by atoms with Crippen LogP contribution in [-0.2, 0) is 4.74 Å². The lowest BCUT2D eigenvalue weighted by Crippen LogP contribution is -2.24. The summed E-state index contributed by atoms with van der Waals surface area (Å²) in [4.78, 5) is 0. The van der Waals surface area contributed by atoms with Crippen LogP contribution in [0.5, 0.6) is 0 Å². The van der Waals surface area contributed by atoms with Crippen molar-refractivity contribution in [2.24, 2.45) is 17.3 Å². The zero-order chi connectivity index (χ0) is 8.78. The Kier molecular flexibility index (Phi) is 1.01. The van der Waals surface area contributed by atoms with E-state index in [0.717, 1.165) is 5.92 Å². The van der Waals surface area contributed by atoms with E-state index >= 15 is 0 Å². The molecule has 3 fully saturated rings. The van der Waals surface area contributed by atoms with Gasteiger partial charge in [-0.05, 0) is 12.8 Å². The Hall–Kier alpha value is 0.250. The van der Waals surface area contributed by atoms with E-state index in [-0.39, 0.29) is 10.7 Å². The number of halogens is 1. The normalized spacial score (nSPS) is 65.0. The largest absolute Gasteiger partial charge is 0.345 e. The van der Waals surface area contributed by atoms with Gasteiger partial charge in [0.25, 0.3) is 0 Å². The molecule has 4 unspecified atom stereocenters. The van der Waals surface area contributed by atoms with Gasteiger partial charge in [-0.15, -0.1) is 0 Å². The lowest BCUT2D eigenvalue weighted by molar-refractivity contribution is 0.279. The summed E-state index contributed by atoms with van der Waals surface area (Å²) < 4.78 is 5.82. The van der Waals surface area contributed by atoms with Gasteiger partial charge in [0.05, 0.1) is 0 Å². The van der Waals surface area contributed by atoms with Crippen LogP contribution in [0.1, 0.15) is 33.6 Å². The second-order valence-electron chi connectivity index (χ2n) is 5.24. The van der Waals surface area contributed by atoms with Crippen LogP contribution in [0.3, 0.4) is 0 Å². The Bertz CT molecular complexity index is 263. The molecule has 1 nitrogen and oxygen atoms in total. The zero-order valence-corrected chi connectivity index (χ0v) is 8.61. The van der Waals surface area contributed by atoms with Crippen LogP contribution in [0.2, 0.25) is 0 Å². The lowest BCUT2D eigenvalue weighted by atomic mass is 9.90. The second kappa shape index (κ2) is 1.59. The molecular weight excluding hydrogens is 172 g/mol. The molecule has 0 aromatic carbocycles. The molecule has 68 valence electrons. The predicted octanol–water partition coefficient (Wildman–Crippen LogP) is 2.78. The molecule has 0 N–H and O–H groups in total. The third kappa shape index (κ3) is 0.469. The van der Waals surface area contributed by atoms with Gasteiger partial charge in [-0.2, -0.15) is 0 Å². The number of ether oxygens (including phenoxy) is 1. The number of hydrogen-bond acceptors (Lipinski definition) is 1. The molecule has 3 rings (SSSR count). The third-order valence-electron chi connectivity index (χ3n) is 4.53. The standard InChI is InChI=1S/C10H15ClO/c1-6-4-5-7-8(2,3)9(7)10(6,11)12-9/h6-7H,4-5H2,1-3H3. The summed E-state index contributed by atoms with van der Waals surface area (Å²) in [6.45, 7) is 6.80. The van der Waals surface area contributed by atoms with Crippen molar-refractivity contribution in [1.29, 1.82) is 0 Å². The van der Waals surface area contributed by atoms with Crippen molar-refractivity contribution in [1.82, 2.24) is 0 Å². The monoisotopic (exact) mass is 186 g/mol. The number of alkyl halides is 1. The van der Waals surface area contributed by atoms with Gasteiger partial charge in [-0.1, -0.05) is 32.4 Å². The van der Waals surface area contributed by atoms with Crippen LogP contribution in [0.25, 0.3) is 0 Å². The summed E-state index contributed by atoms with van der Waals surface area (Å²) >= 11 is 6.44. The van der Waals surface area contributed by atoms with E-state index < -0.39 is 0 Å². The van der Waals surface area contributed by atoms with Crippen LogP contribution in [0.4, 0.5) is 0 Å². The Morgan fingerprint density at radius 2 is 2.00 bits per heavy atom. The highest BCUT2D eigenvalue weighted by Gasteiger charge is 2.94. The van der Waals surface area contributed by atoms with Gasteiger partial charge in [0.15, 0.2) is 5.06 Å². The molecule has 2 saturated carbocycles. The van der Waals surface area contributed by atoms with Crippen molar-refractivity contribution >= 4 is 11.6 Å². The molecule has 0 amide bonds. The molecule has 0 bridgehead atoms. The summed E-state index contributed by atoms with van der Waals surface area (Å²) in [5.41, 5.74) is 0.429. The van der Waals surface area contributed by atoms with Crippen molar-refractivity contribution in [2.45, 2.75) is 44.3 Å². The van der Waals surface area contributed by atoms with E-state index in [1.807, 2.05) is 0 Å². The van der Waals surface area contributed by atoms with Gasteiger partial charge < -0.3 is 4.74 Å². The molecule has 0 radical (unpaired) electrons. The fourth-order valence-corrected chi connectivity index (χ4v) is 4.16. The molecule has 2 aliphatic carbocycles. The van der Waals surface area contributed by atoms with E-state index in [4.69, 9.17) is 16.3 Å². The second-order valence-corrected chi connectivity index (χ2v) is 5.80. The third-order valence-corrected chi connectivity index (χ3v) is 5.26. The molecule has 4 atom stereocenters. The molecule has 1 spiro atoms. The first-order valence-electron chi connectivity index (χ1n) is 4.86. The van der Waals surface area contributed by atoms with Gasteiger partial charge in [0, 0.05) is 17.3 Å². The van der Waals surface area contributed by atoms with E-state index in [1.165, 1.54) is 12.8 Å². The summed E-state index contributed by atoms with van der Waals surface area (Å²) in [7, 11) is 0. The average molecular weight is 187 g/mol. The Morgan fingerprint density at radius 3 is 2.58 bits per heavy atom. The molecule has 12 heavy (non-hydrogen) atoms. The first kappa shape index (κ1) is 7.64. The van der Waals surface area contributed by atoms with E-state index in [1.54, 1.807) is 0 Å². The number of rotatable bonds is 0. The molecule has 0 aromatic rings. The quantitative estimate of drug-likeness (QED) is 0.419. The Balaban J connectivity index is 2.02. The first-order valence-corrected chi connectivity index (χ1v) is 5.24. The van der Waals surface area contributed by atoms with Crippen LogP contribution >= 0.6 is 11.6 Å². The van der Waals surface area contributed by atoms with Crippen molar-refractivity contribution in [2.75, 3.05) is 0 Å². The Morgan fingerprint density at radius 1 is 1.33 bits per heavy atom. The highest BCUT2D eigenvalue weighted by atomic mass is 35.5. The van der Waals surface area contributed by atoms with Crippen LogP contribution in [-0.4, -0.2) is 10.7 Å². The predicted molar refractivity (Wildman–Crippen MR) is 48.1 cm³/mol. The molecular formula is C10H15ClO. The average Bonchev–Trinajstić information content (AvgIpc) is 2.71. The fraction of sp³-hybridized carbons (Fsp3) is 1.00. The smallest absolute Gasteiger partial charge is 0.174 e. The van der Waals surface area contributed by atoms with Crippen molar-refractivity contribution in [3.8, 4) is 0 Å². The van der Waals surface area contributed by atoms with Gasteiger partial charge in [-0.25, -0.2) is 0 Å². The minimum absolute atomic E-state index is 0.0826. The molecule has 2 heteroatoms.